The van der Waals surface area contributed by atoms with Gasteiger partial charge in [0, 0.05) is 48.4 Å². The maximum Gasteiger partial charge on any atom is 0.416 e. The zero-order chi connectivity index (χ0) is 31.8. The van der Waals surface area contributed by atoms with Gasteiger partial charge in [-0.25, -0.2) is 13.9 Å². The van der Waals surface area contributed by atoms with Crippen LogP contribution in [-0.4, -0.2) is 33.9 Å². The van der Waals surface area contributed by atoms with E-state index in [2.05, 4.69) is 19.2 Å². The molecule has 44 heavy (non-hydrogen) atoms. The predicted octanol–water partition coefficient (Wildman–Crippen LogP) is 7.74. The van der Waals surface area contributed by atoms with Crippen LogP contribution in [0.5, 0.6) is 5.75 Å². The summed E-state index contributed by atoms with van der Waals surface area (Å²) in [6.45, 7) is 6.82. The minimum absolute atomic E-state index is 0.212. The summed E-state index contributed by atoms with van der Waals surface area (Å²) in [5.41, 5.74) is 8.91. The highest BCUT2D eigenvalue weighted by atomic mass is 35.5. The van der Waals surface area contributed by atoms with Crippen LogP contribution in [0.1, 0.15) is 41.8 Å². The fourth-order valence-electron chi connectivity index (χ4n) is 5.39. The first-order chi connectivity index (χ1) is 20.8. The van der Waals surface area contributed by atoms with Gasteiger partial charge in [0.25, 0.3) is 0 Å². The molecule has 0 radical (unpaired) electrons. The summed E-state index contributed by atoms with van der Waals surface area (Å²) in [6, 6.07) is 13.8. The molecule has 4 aromatic rings. The molecule has 1 aliphatic heterocycles. The molecule has 0 saturated carbocycles. The van der Waals surface area contributed by atoms with E-state index in [1.807, 2.05) is 41.9 Å². The molecule has 2 amide bonds. The van der Waals surface area contributed by atoms with Crippen molar-refractivity contribution >= 4 is 23.3 Å². The molecule has 3 aromatic carbocycles. The van der Waals surface area contributed by atoms with Crippen LogP contribution in [0.15, 0.2) is 54.6 Å². The number of halogens is 5. The molecule has 1 aromatic heterocycles. The Bertz CT molecular complexity index is 1690. The van der Waals surface area contributed by atoms with Crippen molar-refractivity contribution in [2.24, 2.45) is 11.7 Å². The first-order valence-corrected chi connectivity index (χ1v) is 14.5. The highest BCUT2D eigenvalue weighted by Crippen LogP contribution is 2.39. The third-order valence-electron chi connectivity index (χ3n) is 7.41. The fourth-order valence-corrected chi connectivity index (χ4v) is 5.57. The number of rotatable bonds is 8. The van der Waals surface area contributed by atoms with Crippen LogP contribution in [-0.2, 0) is 25.7 Å². The van der Waals surface area contributed by atoms with Gasteiger partial charge in [-0.05, 0) is 48.7 Å². The highest BCUT2D eigenvalue weighted by molar-refractivity contribution is 6.30. The van der Waals surface area contributed by atoms with Crippen molar-refractivity contribution in [1.29, 1.82) is 0 Å². The van der Waals surface area contributed by atoms with E-state index in [-0.39, 0.29) is 24.0 Å². The maximum atomic E-state index is 15.0. The molecule has 1 aliphatic rings. The van der Waals surface area contributed by atoms with E-state index in [9.17, 15) is 18.0 Å². The zero-order valence-electron chi connectivity index (χ0n) is 24.4. The lowest BCUT2D eigenvalue weighted by atomic mass is 9.98. The number of para-hydroxylation sites is 1. The summed E-state index contributed by atoms with van der Waals surface area (Å²) in [7, 11) is 0. The Morgan fingerprint density at radius 2 is 1.86 bits per heavy atom. The quantitative estimate of drug-likeness (QED) is 0.195. The Balaban J connectivity index is 1.62. The third-order valence-corrected chi connectivity index (χ3v) is 7.70. The number of hydrogen-bond acceptors (Lipinski definition) is 4. The molecule has 0 spiro atoms. The summed E-state index contributed by atoms with van der Waals surface area (Å²) in [5, 5.41) is 7.17. The second kappa shape index (κ2) is 12.5. The smallest absolute Gasteiger partial charge is 0.416 e. The molecule has 0 fully saturated rings. The number of anilines is 1. The summed E-state index contributed by atoms with van der Waals surface area (Å²) in [6.07, 6.45) is -4.32. The van der Waals surface area contributed by atoms with E-state index in [0.717, 1.165) is 40.2 Å². The number of alkyl halides is 3. The number of aryl methyl sites for hydroxylation is 1. The topological polar surface area (TPSA) is 85.4 Å². The number of aromatic nitrogens is 2. The second-order valence-corrected chi connectivity index (χ2v) is 11.6. The Kier molecular flexibility index (Phi) is 8.90. The number of carbonyl (C=O) groups excluding carboxylic acids is 1. The minimum Gasteiger partial charge on any atom is -0.491 e. The maximum absolute atomic E-state index is 15.0. The van der Waals surface area contributed by atoms with Crippen LogP contribution >= 0.6 is 11.6 Å². The van der Waals surface area contributed by atoms with E-state index in [1.165, 1.54) is 0 Å². The third kappa shape index (κ3) is 6.53. The van der Waals surface area contributed by atoms with Gasteiger partial charge < -0.3 is 15.8 Å². The van der Waals surface area contributed by atoms with Gasteiger partial charge in [-0.3, -0.25) is 4.90 Å². The molecular weight excluding hydrogens is 598 g/mol. The van der Waals surface area contributed by atoms with E-state index in [1.54, 1.807) is 17.0 Å². The van der Waals surface area contributed by atoms with Crippen molar-refractivity contribution in [3.8, 4) is 22.7 Å². The Morgan fingerprint density at radius 3 is 2.52 bits per heavy atom. The molecule has 5 rings (SSSR count). The van der Waals surface area contributed by atoms with Gasteiger partial charge >= 0.3 is 12.2 Å². The number of fused-ring (bicyclic) bond motifs is 1. The number of nitrogens with one attached hydrogen (secondary N) is 1. The number of nitrogens with zero attached hydrogens (tertiary/aromatic N) is 3. The molecule has 0 aliphatic carbocycles. The lowest BCUT2D eigenvalue weighted by molar-refractivity contribution is -0.138. The van der Waals surface area contributed by atoms with E-state index >= 15 is 4.39 Å². The van der Waals surface area contributed by atoms with E-state index in [4.69, 9.17) is 27.2 Å². The Hall–Kier alpha value is -4.09. The normalized spacial score (nSPS) is 13.7. The van der Waals surface area contributed by atoms with Gasteiger partial charge in [-0.15, -0.1) is 0 Å². The average Bonchev–Trinajstić information content (AvgIpc) is 3.32. The van der Waals surface area contributed by atoms with E-state index in [0.29, 0.717) is 36.7 Å². The molecule has 0 atom stereocenters. The van der Waals surface area contributed by atoms with Crippen LogP contribution in [0.2, 0.25) is 5.02 Å². The molecule has 0 bridgehead atoms. The van der Waals surface area contributed by atoms with Crippen molar-refractivity contribution in [3.05, 3.63) is 93.4 Å². The molecule has 0 saturated heterocycles. The summed E-state index contributed by atoms with van der Waals surface area (Å²) in [5.74, 6) is -0.159. The standard InChI is InChI=1S/C32H32ClF4N5O2/c1-18(2)17-44-27-6-4-5-19(3)29(27)42-30(20-7-9-21(10-8-20)39-31(38)43)23-16-41(14-13-26(23)40-42)15-22-24(32(35,36)37)11-12-25(33)28(22)34/h4-12,18H,13-17H2,1-3H3,(H3,38,39,43). The molecule has 232 valence electrons. The number of urea groups is 1. The first kappa shape index (κ1) is 31.3. The molecule has 12 heteroatoms. The SMILES string of the molecule is Cc1cccc(OCC(C)C)c1-n1nc2c(c1-c1ccc(NC(N)=O)cc1)CN(Cc1c(C(F)(F)F)ccc(Cl)c1F)CC2. The van der Waals surface area contributed by atoms with Crippen molar-refractivity contribution in [2.45, 2.75) is 46.5 Å². The van der Waals surface area contributed by atoms with Gasteiger partial charge in [0.2, 0.25) is 0 Å². The van der Waals surface area contributed by atoms with Gasteiger partial charge in [0.05, 0.1) is 28.6 Å². The molecule has 0 unspecified atom stereocenters. The van der Waals surface area contributed by atoms with Crippen LogP contribution in [0, 0.1) is 18.7 Å². The van der Waals surface area contributed by atoms with Crippen molar-refractivity contribution in [2.75, 3.05) is 18.5 Å². The lowest BCUT2D eigenvalue weighted by Crippen LogP contribution is -2.31. The number of amides is 2. The summed E-state index contributed by atoms with van der Waals surface area (Å²) >= 11 is 5.91. The van der Waals surface area contributed by atoms with Crippen LogP contribution < -0.4 is 15.8 Å². The van der Waals surface area contributed by atoms with Gasteiger partial charge in [-0.2, -0.15) is 18.3 Å². The van der Waals surface area contributed by atoms with Gasteiger partial charge in [0.1, 0.15) is 17.3 Å². The summed E-state index contributed by atoms with van der Waals surface area (Å²) in [4.78, 5) is 13.1. The van der Waals surface area contributed by atoms with Crippen LogP contribution in [0.4, 0.5) is 28.0 Å². The van der Waals surface area contributed by atoms with Gasteiger partial charge in [0.15, 0.2) is 0 Å². The molecule has 2 heterocycles. The van der Waals surface area contributed by atoms with Gasteiger partial charge in [-0.1, -0.05) is 49.7 Å². The minimum atomic E-state index is -4.74. The second-order valence-electron chi connectivity index (χ2n) is 11.2. The lowest BCUT2D eigenvalue weighted by Gasteiger charge is -2.28. The molecule has 3 N–H and O–H groups in total. The largest absolute Gasteiger partial charge is 0.491 e. The van der Waals surface area contributed by atoms with E-state index < -0.39 is 29.2 Å². The monoisotopic (exact) mass is 629 g/mol. The number of hydrogen-bond donors (Lipinski definition) is 2. The molecule has 7 nitrogen and oxygen atoms in total. The van der Waals surface area contributed by atoms with Crippen molar-refractivity contribution < 1.29 is 27.1 Å². The number of nitrogens with two attached hydrogens (primary N) is 1. The number of ether oxygens (including phenoxy) is 1. The molecular formula is C32H32ClF4N5O2. The number of primary amides is 1. The first-order valence-electron chi connectivity index (χ1n) is 14.1. The average molecular weight is 630 g/mol. The number of carbonyl (C=O) groups is 1. The Morgan fingerprint density at radius 1 is 1.14 bits per heavy atom. The number of benzene rings is 3. The summed E-state index contributed by atoms with van der Waals surface area (Å²) < 4.78 is 64.6. The van der Waals surface area contributed by atoms with Crippen LogP contribution in [0.25, 0.3) is 16.9 Å². The fraction of sp³-hybridized carbons (Fsp3) is 0.312. The zero-order valence-corrected chi connectivity index (χ0v) is 25.2. The highest BCUT2D eigenvalue weighted by Gasteiger charge is 2.36. The van der Waals surface area contributed by atoms with Crippen molar-refractivity contribution in [1.82, 2.24) is 14.7 Å². The predicted molar refractivity (Wildman–Crippen MR) is 162 cm³/mol. The van der Waals surface area contributed by atoms with Crippen LogP contribution in [0.3, 0.4) is 0 Å². The Labute approximate surface area is 257 Å². The van der Waals surface area contributed by atoms with Crippen molar-refractivity contribution in [3.63, 3.8) is 0 Å².